The van der Waals surface area contributed by atoms with Crippen molar-refractivity contribution in [1.29, 1.82) is 0 Å². The fourth-order valence-corrected chi connectivity index (χ4v) is 0.870. The van der Waals surface area contributed by atoms with Crippen LogP contribution in [0.5, 0.6) is 0 Å². The van der Waals surface area contributed by atoms with E-state index in [9.17, 15) is 4.79 Å². The summed E-state index contributed by atoms with van der Waals surface area (Å²) in [5, 5.41) is 8.50. The molecule has 1 aliphatic carbocycles. The summed E-state index contributed by atoms with van der Waals surface area (Å²) in [5.41, 5.74) is -0.292. The number of carboxylic acid groups (broad SMARTS) is 1. The van der Waals surface area contributed by atoms with Gasteiger partial charge in [0.25, 0.3) is 0 Å². The highest BCUT2D eigenvalue weighted by molar-refractivity contribution is 5.77. The van der Waals surface area contributed by atoms with Crippen molar-refractivity contribution in [2.45, 2.75) is 26.2 Å². The number of hydrogen-bond donors (Lipinski definition) is 1. The van der Waals surface area contributed by atoms with Crippen molar-refractivity contribution in [3.8, 4) is 0 Å². The molecule has 0 atom stereocenters. The lowest BCUT2D eigenvalue weighted by Crippen LogP contribution is -2.12. The molecule has 0 spiro atoms. The Bertz CT molecular complexity index is 114. The van der Waals surface area contributed by atoms with Crippen LogP contribution in [0.3, 0.4) is 0 Å². The molecule has 0 aromatic heterocycles. The van der Waals surface area contributed by atoms with E-state index >= 15 is 0 Å². The van der Waals surface area contributed by atoms with Crippen molar-refractivity contribution in [2.75, 3.05) is 0 Å². The molecule has 0 aliphatic heterocycles. The van der Waals surface area contributed by atoms with Crippen LogP contribution in [0, 0.1) is 5.41 Å². The third kappa shape index (κ3) is 0.602. The standard InChI is InChI=1S/C6H10O2/c1-2-6(3-4-6)5(7)8/h2-4H2,1H3,(H,7,8). The van der Waals surface area contributed by atoms with Gasteiger partial charge in [-0.1, -0.05) is 6.92 Å². The van der Waals surface area contributed by atoms with E-state index in [2.05, 4.69) is 0 Å². The average molecular weight is 114 g/mol. The molecule has 1 rings (SSSR count). The second kappa shape index (κ2) is 1.47. The molecule has 0 unspecified atom stereocenters. The van der Waals surface area contributed by atoms with Crippen LogP contribution in [-0.2, 0) is 4.79 Å². The van der Waals surface area contributed by atoms with Crippen LogP contribution < -0.4 is 0 Å². The van der Waals surface area contributed by atoms with Crippen LogP contribution in [0.4, 0.5) is 0 Å². The molecule has 1 fully saturated rings. The van der Waals surface area contributed by atoms with Crippen molar-refractivity contribution < 1.29 is 9.90 Å². The largest absolute Gasteiger partial charge is 0.481 e. The molecular weight excluding hydrogens is 104 g/mol. The number of carbonyl (C=O) groups is 1. The Morgan fingerprint density at radius 2 is 2.25 bits per heavy atom. The van der Waals surface area contributed by atoms with Crippen LogP contribution in [0.2, 0.25) is 0 Å². The summed E-state index contributed by atoms with van der Waals surface area (Å²) in [6, 6.07) is 0. The Morgan fingerprint density at radius 3 is 2.25 bits per heavy atom. The van der Waals surface area contributed by atoms with E-state index in [1.807, 2.05) is 6.92 Å². The van der Waals surface area contributed by atoms with Crippen LogP contribution in [0.1, 0.15) is 26.2 Å². The average Bonchev–Trinajstić information content (AvgIpc) is 2.44. The van der Waals surface area contributed by atoms with Gasteiger partial charge in [0.05, 0.1) is 5.41 Å². The summed E-state index contributed by atoms with van der Waals surface area (Å²) in [5.74, 6) is -0.611. The smallest absolute Gasteiger partial charge is 0.309 e. The predicted octanol–water partition coefficient (Wildman–Crippen LogP) is 1.26. The summed E-state index contributed by atoms with van der Waals surface area (Å²) < 4.78 is 0. The second-order valence-corrected chi connectivity index (χ2v) is 2.44. The van der Waals surface area contributed by atoms with Crippen molar-refractivity contribution in [3.63, 3.8) is 0 Å². The minimum atomic E-state index is -0.611. The van der Waals surface area contributed by atoms with Gasteiger partial charge >= 0.3 is 5.97 Å². The number of carboxylic acids is 1. The van der Waals surface area contributed by atoms with E-state index in [1.54, 1.807) is 0 Å². The van der Waals surface area contributed by atoms with Gasteiger partial charge in [0.1, 0.15) is 0 Å². The Kier molecular flexibility index (Phi) is 1.03. The van der Waals surface area contributed by atoms with Gasteiger partial charge < -0.3 is 5.11 Å². The molecule has 0 amide bonds. The molecule has 0 aromatic carbocycles. The van der Waals surface area contributed by atoms with Gasteiger partial charge in [-0.25, -0.2) is 0 Å². The van der Waals surface area contributed by atoms with E-state index in [-0.39, 0.29) is 5.41 Å². The highest BCUT2D eigenvalue weighted by Crippen LogP contribution is 2.48. The minimum absolute atomic E-state index is 0.292. The van der Waals surface area contributed by atoms with E-state index in [4.69, 9.17) is 5.11 Å². The first-order valence-corrected chi connectivity index (χ1v) is 2.95. The van der Waals surface area contributed by atoms with Gasteiger partial charge in [0.15, 0.2) is 0 Å². The molecular formula is C6H10O2. The quantitative estimate of drug-likeness (QED) is 0.586. The van der Waals surface area contributed by atoms with E-state index in [0.29, 0.717) is 0 Å². The highest BCUT2D eigenvalue weighted by Gasteiger charge is 2.48. The third-order valence-corrected chi connectivity index (χ3v) is 1.98. The number of aliphatic carboxylic acids is 1. The van der Waals surface area contributed by atoms with E-state index in [0.717, 1.165) is 19.3 Å². The molecule has 1 aliphatic rings. The maximum absolute atomic E-state index is 10.3. The zero-order valence-corrected chi connectivity index (χ0v) is 4.98. The second-order valence-electron chi connectivity index (χ2n) is 2.44. The Hall–Kier alpha value is -0.530. The maximum Gasteiger partial charge on any atom is 0.309 e. The molecule has 46 valence electrons. The molecule has 1 N–H and O–H groups in total. The van der Waals surface area contributed by atoms with Gasteiger partial charge in [-0.15, -0.1) is 0 Å². The van der Waals surface area contributed by atoms with Crippen LogP contribution in [-0.4, -0.2) is 11.1 Å². The first-order valence-electron chi connectivity index (χ1n) is 2.95. The monoisotopic (exact) mass is 114 g/mol. The fraction of sp³-hybridized carbons (Fsp3) is 0.833. The van der Waals surface area contributed by atoms with E-state index < -0.39 is 5.97 Å². The van der Waals surface area contributed by atoms with Gasteiger partial charge in [0, 0.05) is 0 Å². The SMILES string of the molecule is CCC1(C(=O)O)CC1. The zero-order chi connectivity index (χ0) is 6.20. The highest BCUT2D eigenvalue weighted by atomic mass is 16.4. The first-order chi connectivity index (χ1) is 3.71. The van der Waals surface area contributed by atoms with E-state index in [1.165, 1.54) is 0 Å². The Labute approximate surface area is 48.5 Å². The lowest BCUT2D eigenvalue weighted by atomic mass is 10.1. The maximum atomic E-state index is 10.3. The fourth-order valence-electron chi connectivity index (χ4n) is 0.870. The lowest BCUT2D eigenvalue weighted by Gasteiger charge is -2.01. The summed E-state index contributed by atoms with van der Waals surface area (Å²) in [6.45, 7) is 1.93. The molecule has 8 heavy (non-hydrogen) atoms. The van der Waals surface area contributed by atoms with Gasteiger partial charge in [-0.05, 0) is 19.3 Å². The number of rotatable bonds is 2. The molecule has 0 radical (unpaired) electrons. The van der Waals surface area contributed by atoms with Crippen LogP contribution in [0.15, 0.2) is 0 Å². The molecule has 2 heteroatoms. The molecule has 0 bridgehead atoms. The summed E-state index contributed by atoms with van der Waals surface area (Å²) in [6.07, 6.45) is 2.57. The summed E-state index contributed by atoms with van der Waals surface area (Å²) in [4.78, 5) is 10.3. The van der Waals surface area contributed by atoms with Crippen LogP contribution >= 0.6 is 0 Å². The molecule has 0 aromatic rings. The molecule has 0 saturated heterocycles. The molecule has 1 saturated carbocycles. The van der Waals surface area contributed by atoms with Gasteiger partial charge in [0.2, 0.25) is 0 Å². The minimum Gasteiger partial charge on any atom is -0.481 e. The normalized spacial score (nSPS) is 22.6. The number of hydrogen-bond acceptors (Lipinski definition) is 1. The van der Waals surface area contributed by atoms with Crippen molar-refractivity contribution >= 4 is 5.97 Å². The van der Waals surface area contributed by atoms with Gasteiger partial charge in [-0.3, -0.25) is 4.79 Å². The summed E-state index contributed by atoms with van der Waals surface area (Å²) >= 11 is 0. The van der Waals surface area contributed by atoms with Crippen molar-refractivity contribution in [1.82, 2.24) is 0 Å². The van der Waals surface area contributed by atoms with Crippen molar-refractivity contribution in [3.05, 3.63) is 0 Å². The topological polar surface area (TPSA) is 37.3 Å². The Balaban J connectivity index is 2.53. The van der Waals surface area contributed by atoms with Gasteiger partial charge in [-0.2, -0.15) is 0 Å². The molecule has 2 nitrogen and oxygen atoms in total. The summed E-state index contributed by atoms with van der Waals surface area (Å²) in [7, 11) is 0. The zero-order valence-electron chi connectivity index (χ0n) is 4.98. The van der Waals surface area contributed by atoms with Crippen LogP contribution in [0.25, 0.3) is 0 Å². The third-order valence-electron chi connectivity index (χ3n) is 1.98. The lowest BCUT2D eigenvalue weighted by molar-refractivity contribution is -0.143. The Morgan fingerprint density at radius 1 is 1.75 bits per heavy atom. The first kappa shape index (κ1) is 5.60. The van der Waals surface area contributed by atoms with Crippen molar-refractivity contribution in [2.24, 2.45) is 5.41 Å². The predicted molar refractivity (Wildman–Crippen MR) is 29.6 cm³/mol. The molecule has 0 heterocycles.